The van der Waals surface area contributed by atoms with Gasteiger partial charge < -0.3 is 10.6 Å². The largest absolute Gasteiger partial charge is 0.353 e. The Labute approximate surface area is 124 Å². The van der Waals surface area contributed by atoms with E-state index in [2.05, 4.69) is 10.6 Å². The Morgan fingerprint density at radius 2 is 2.38 bits per heavy atom. The highest BCUT2D eigenvalue weighted by molar-refractivity contribution is 5.79. The Bertz CT molecular complexity index is 513. The molecule has 0 aliphatic carbocycles. The topological polar surface area (TPSA) is 84.3 Å². The lowest BCUT2D eigenvalue weighted by Crippen LogP contribution is -2.45. The minimum Gasteiger partial charge on any atom is -0.353 e. The summed E-state index contributed by atoms with van der Waals surface area (Å²) >= 11 is 0. The van der Waals surface area contributed by atoms with Crippen LogP contribution in [0.5, 0.6) is 0 Å². The molecule has 1 fully saturated rings. The van der Waals surface area contributed by atoms with E-state index in [0.717, 1.165) is 25.9 Å². The lowest BCUT2D eigenvalue weighted by Gasteiger charge is -2.28. The number of nitrogens with one attached hydrogen (secondary N) is 2. The SMILES string of the molecule is CC(NC(=O)Cc1cccc([N+](=O)[O-])c1)C1CCCNC1. The van der Waals surface area contributed by atoms with Crippen LogP contribution in [-0.2, 0) is 11.2 Å². The molecular formula is C15H21N3O3. The molecule has 0 bridgehead atoms. The summed E-state index contributed by atoms with van der Waals surface area (Å²) < 4.78 is 0. The molecule has 6 heteroatoms. The van der Waals surface area contributed by atoms with Crippen molar-refractivity contribution in [1.29, 1.82) is 0 Å². The molecule has 0 radical (unpaired) electrons. The molecule has 0 saturated carbocycles. The first kappa shape index (κ1) is 15.4. The third-order valence-electron chi connectivity index (χ3n) is 3.92. The maximum atomic E-state index is 12.0. The van der Waals surface area contributed by atoms with Gasteiger partial charge in [-0.1, -0.05) is 12.1 Å². The second kappa shape index (κ2) is 7.17. The summed E-state index contributed by atoms with van der Waals surface area (Å²) in [6, 6.07) is 6.34. The average molecular weight is 291 g/mol. The molecule has 2 unspecified atom stereocenters. The Kier molecular flexibility index (Phi) is 5.27. The Hall–Kier alpha value is -1.95. The Morgan fingerprint density at radius 3 is 3.05 bits per heavy atom. The zero-order chi connectivity index (χ0) is 15.2. The van der Waals surface area contributed by atoms with E-state index in [-0.39, 0.29) is 24.1 Å². The average Bonchev–Trinajstić information content (AvgIpc) is 2.48. The van der Waals surface area contributed by atoms with E-state index in [0.29, 0.717) is 11.5 Å². The molecule has 6 nitrogen and oxygen atoms in total. The maximum absolute atomic E-state index is 12.0. The summed E-state index contributed by atoms with van der Waals surface area (Å²) in [6.07, 6.45) is 2.42. The first-order valence-corrected chi connectivity index (χ1v) is 7.29. The molecular weight excluding hydrogens is 270 g/mol. The lowest BCUT2D eigenvalue weighted by molar-refractivity contribution is -0.384. The summed E-state index contributed by atoms with van der Waals surface area (Å²) in [5.74, 6) is 0.362. The number of piperidine rings is 1. The fourth-order valence-corrected chi connectivity index (χ4v) is 2.69. The van der Waals surface area contributed by atoms with Crippen LogP contribution in [0.1, 0.15) is 25.3 Å². The van der Waals surface area contributed by atoms with Crippen LogP contribution in [0.2, 0.25) is 0 Å². The van der Waals surface area contributed by atoms with Crippen LogP contribution < -0.4 is 10.6 Å². The van der Waals surface area contributed by atoms with Gasteiger partial charge in [0.2, 0.25) is 5.91 Å². The quantitative estimate of drug-likeness (QED) is 0.638. The molecule has 0 aromatic heterocycles. The van der Waals surface area contributed by atoms with Crippen molar-refractivity contribution in [1.82, 2.24) is 10.6 Å². The van der Waals surface area contributed by atoms with E-state index in [4.69, 9.17) is 0 Å². The molecule has 1 aromatic rings. The summed E-state index contributed by atoms with van der Waals surface area (Å²) in [5, 5.41) is 17.1. The van der Waals surface area contributed by atoms with Crippen LogP contribution >= 0.6 is 0 Å². The molecule has 1 saturated heterocycles. The first-order chi connectivity index (χ1) is 10.1. The molecule has 1 aromatic carbocycles. The normalized spacial score (nSPS) is 19.8. The zero-order valence-electron chi connectivity index (χ0n) is 12.2. The van der Waals surface area contributed by atoms with Crippen molar-refractivity contribution in [2.24, 2.45) is 5.92 Å². The highest BCUT2D eigenvalue weighted by atomic mass is 16.6. The molecule has 2 atom stereocenters. The third kappa shape index (κ3) is 4.53. The third-order valence-corrected chi connectivity index (χ3v) is 3.92. The molecule has 114 valence electrons. The molecule has 2 rings (SSSR count). The maximum Gasteiger partial charge on any atom is 0.269 e. The summed E-state index contributed by atoms with van der Waals surface area (Å²) in [4.78, 5) is 22.3. The number of non-ortho nitro benzene ring substituents is 1. The van der Waals surface area contributed by atoms with Crippen LogP contribution in [0.25, 0.3) is 0 Å². The van der Waals surface area contributed by atoms with E-state index in [9.17, 15) is 14.9 Å². The van der Waals surface area contributed by atoms with Gasteiger partial charge >= 0.3 is 0 Å². The van der Waals surface area contributed by atoms with Gasteiger partial charge in [-0.15, -0.1) is 0 Å². The summed E-state index contributed by atoms with van der Waals surface area (Å²) in [5.41, 5.74) is 0.681. The molecule has 2 N–H and O–H groups in total. The predicted octanol–water partition coefficient (Wildman–Crippen LogP) is 1.64. The van der Waals surface area contributed by atoms with E-state index in [1.54, 1.807) is 12.1 Å². The number of carbonyl (C=O) groups is 1. The Balaban J connectivity index is 1.89. The predicted molar refractivity (Wildman–Crippen MR) is 80.0 cm³/mol. The standard InChI is InChI=1S/C15H21N3O3/c1-11(13-5-3-7-16-10-13)17-15(19)9-12-4-2-6-14(8-12)18(20)21/h2,4,6,8,11,13,16H,3,5,7,9-10H2,1H3,(H,17,19). The Morgan fingerprint density at radius 1 is 1.57 bits per heavy atom. The van der Waals surface area contributed by atoms with Gasteiger partial charge in [0, 0.05) is 18.2 Å². The van der Waals surface area contributed by atoms with Crippen molar-refractivity contribution in [3.05, 3.63) is 39.9 Å². The second-order valence-electron chi connectivity index (χ2n) is 5.57. The van der Waals surface area contributed by atoms with Crippen molar-refractivity contribution in [3.8, 4) is 0 Å². The smallest absolute Gasteiger partial charge is 0.269 e. The summed E-state index contributed by atoms with van der Waals surface area (Å²) in [6.45, 7) is 3.99. The molecule has 1 aliphatic heterocycles. The van der Waals surface area contributed by atoms with Gasteiger partial charge in [0.05, 0.1) is 11.3 Å². The number of nitro groups is 1. The van der Waals surface area contributed by atoms with E-state index < -0.39 is 4.92 Å². The van der Waals surface area contributed by atoms with Gasteiger partial charge in [-0.25, -0.2) is 0 Å². The zero-order valence-corrected chi connectivity index (χ0v) is 12.2. The minimum atomic E-state index is -0.447. The van der Waals surface area contributed by atoms with Crippen molar-refractivity contribution in [2.75, 3.05) is 13.1 Å². The highest BCUT2D eigenvalue weighted by Crippen LogP contribution is 2.16. The lowest BCUT2D eigenvalue weighted by atomic mass is 9.92. The van der Waals surface area contributed by atoms with Gasteiger partial charge in [-0.05, 0) is 44.3 Å². The van der Waals surface area contributed by atoms with E-state index in [1.807, 2.05) is 6.92 Å². The van der Waals surface area contributed by atoms with Gasteiger partial charge in [-0.3, -0.25) is 14.9 Å². The second-order valence-corrected chi connectivity index (χ2v) is 5.57. The molecule has 1 amide bonds. The highest BCUT2D eigenvalue weighted by Gasteiger charge is 2.21. The fraction of sp³-hybridized carbons (Fsp3) is 0.533. The minimum absolute atomic E-state index is 0.0184. The van der Waals surface area contributed by atoms with Crippen LogP contribution in [0, 0.1) is 16.0 Å². The van der Waals surface area contributed by atoms with Gasteiger partial charge in [0.25, 0.3) is 5.69 Å². The van der Waals surface area contributed by atoms with Gasteiger partial charge in [0.1, 0.15) is 0 Å². The number of hydrogen-bond acceptors (Lipinski definition) is 4. The van der Waals surface area contributed by atoms with Crippen molar-refractivity contribution in [2.45, 2.75) is 32.2 Å². The number of benzene rings is 1. The summed E-state index contributed by atoms with van der Waals surface area (Å²) in [7, 11) is 0. The fourth-order valence-electron chi connectivity index (χ4n) is 2.69. The van der Waals surface area contributed by atoms with Crippen molar-refractivity contribution < 1.29 is 9.72 Å². The van der Waals surface area contributed by atoms with Gasteiger partial charge in [0.15, 0.2) is 0 Å². The molecule has 0 spiro atoms. The van der Waals surface area contributed by atoms with E-state index >= 15 is 0 Å². The van der Waals surface area contributed by atoms with Crippen LogP contribution in [0.3, 0.4) is 0 Å². The van der Waals surface area contributed by atoms with Crippen LogP contribution in [-0.4, -0.2) is 30.0 Å². The number of amides is 1. The van der Waals surface area contributed by atoms with E-state index in [1.165, 1.54) is 12.1 Å². The van der Waals surface area contributed by atoms with Gasteiger partial charge in [-0.2, -0.15) is 0 Å². The molecule has 1 aliphatic rings. The number of carbonyl (C=O) groups excluding carboxylic acids is 1. The number of rotatable bonds is 5. The molecule has 21 heavy (non-hydrogen) atoms. The number of nitrogens with zero attached hydrogens (tertiary/aromatic N) is 1. The van der Waals surface area contributed by atoms with Crippen molar-refractivity contribution >= 4 is 11.6 Å². The number of hydrogen-bond donors (Lipinski definition) is 2. The monoisotopic (exact) mass is 291 g/mol. The van der Waals surface area contributed by atoms with Crippen molar-refractivity contribution in [3.63, 3.8) is 0 Å². The van der Waals surface area contributed by atoms with Crippen LogP contribution in [0.4, 0.5) is 5.69 Å². The van der Waals surface area contributed by atoms with Crippen LogP contribution in [0.15, 0.2) is 24.3 Å². The number of nitro benzene ring substituents is 1. The molecule has 1 heterocycles. The first-order valence-electron chi connectivity index (χ1n) is 7.29.